The first kappa shape index (κ1) is 20.3. The van der Waals surface area contributed by atoms with Crippen LogP contribution in [0.25, 0.3) is 0 Å². The minimum Gasteiger partial charge on any atom is -0.376 e. The number of amides is 2. The van der Waals surface area contributed by atoms with Crippen LogP contribution in [-0.2, 0) is 11.3 Å². The maximum absolute atomic E-state index is 12.7. The average Bonchev–Trinajstić information content (AvgIpc) is 3.02. The van der Waals surface area contributed by atoms with E-state index in [0.29, 0.717) is 29.7 Å². The second kappa shape index (κ2) is 9.62. The molecular formula is C18H27Cl2N3O2. The van der Waals surface area contributed by atoms with Gasteiger partial charge in [0.25, 0.3) is 0 Å². The van der Waals surface area contributed by atoms with Crippen LogP contribution in [0.1, 0.15) is 24.0 Å². The van der Waals surface area contributed by atoms with Crippen molar-refractivity contribution in [2.75, 3.05) is 40.3 Å². The highest BCUT2D eigenvalue weighted by Gasteiger charge is 2.22. The van der Waals surface area contributed by atoms with Gasteiger partial charge in [-0.1, -0.05) is 23.2 Å². The number of hydrogen-bond acceptors (Lipinski definition) is 3. The fraction of sp³-hybridized carbons (Fsp3) is 0.611. The van der Waals surface area contributed by atoms with Crippen molar-refractivity contribution in [3.8, 4) is 0 Å². The van der Waals surface area contributed by atoms with Gasteiger partial charge in [-0.05, 0) is 57.1 Å². The SMILES string of the molecule is Cc1cc(Cl)cc(Cl)c1CNC(=O)N(CCN(C)C)CC1CCCO1. The van der Waals surface area contributed by atoms with E-state index in [1.165, 1.54) is 0 Å². The Kier molecular flexibility index (Phi) is 7.81. The maximum atomic E-state index is 12.7. The van der Waals surface area contributed by atoms with Crippen LogP contribution in [0.3, 0.4) is 0 Å². The molecule has 1 heterocycles. The van der Waals surface area contributed by atoms with Crippen LogP contribution in [0, 0.1) is 6.92 Å². The van der Waals surface area contributed by atoms with Gasteiger partial charge in [0.15, 0.2) is 0 Å². The van der Waals surface area contributed by atoms with E-state index in [1.807, 2.05) is 32.0 Å². The highest BCUT2D eigenvalue weighted by Crippen LogP contribution is 2.24. The summed E-state index contributed by atoms with van der Waals surface area (Å²) in [5.74, 6) is 0. The van der Waals surface area contributed by atoms with E-state index in [2.05, 4.69) is 10.2 Å². The molecule has 0 bridgehead atoms. The number of benzene rings is 1. The lowest BCUT2D eigenvalue weighted by molar-refractivity contribution is 0.0795. The Morgan fingerprint density at radius 2 is 2.08 bits per heavy atom. The lowest BCUT2D eigenvalue weighted by Crippen LogP contribution is -2.46. The zero-order valence-corrected chi connectivity index (χ0v) is 16.7. The quantitative estimate of drug-likeness (QED) is 0.777. The third kappa shape index (κ3) is 6.33. The summed E-state index contributed by atoms with van der Waals surface area (Å²) in [6.07, 6.45) is 2.20. The van der Waals surface area contributed by atoms with E-state index in [-0.39, 0.29) is 12.1 Å². The second-order valence-electron chi connectivity index (χ2n) is 6.73. The van der Waals surface area contributed by atoms with Gasteiger partial charge >= 0.3 is 6.03 Å². The number of aryl methyl sites for hydroxylation is 1. The number of halogens is 2. The second-order valence-corrected chi connectivity index (χ2v) is 7.57. The first-order valence-electron chi connectivity index (χ1n) is 8.60. The number of nitrogens with one attached hydrogen (secondary N) is 1. The third-order valence-corrected chi connectivity index (χ3v) is 4.91. The van der Waals surface area contributed by atoms with Gasteiger partial charge in [0.05, 0.1) is 6.10 Å². The van der Waals surface area contributed by atoms with Gasteiger partial charge in [0.2, 0.25) is 0 Å². The smallest absolute Gasteiger partial charge is 0.317 e. The predicted octanol–water partition coefficient (Wildman–Crippen LogP) is 3.55. The number of rotatable bonds is 7. The van der Waals surface area contributed by atoms with Crippen molar-refractivity contribution in [1.82, 2.24) is 15.1 Å². The summed E-state index contributed by atoms with van der Waals surface area (Å²) in [5.41, 5.74) is 1.86. The molecule has 1 unspecified atom stereocenters. The van der Waals surface area contributed by atoms with Gasteiger partial charge in [0, 0.05) is 42.8 Å². The normalized spacial score (nSPS) is 17.1. The van der Waals surface area contributed by atoms with Crippen molar-refractivity contribution in [2.45, 2.75) is 32.4 Å². The minimum absolute atomic E-state index is 0.0947. The molecule has 2 amide bonds. The van der Waals surface area contributed by atoms with E-state index in [4.69, 9.17) is 27.9 Å². The fourth-order valence-corrected chi connectivity index (χ4v) is 3.52. The molecule has 1 aliphatic heterocycles. The molecule has 7 heteroatoms. The topological polar surface area (TPSA) is 44.8 Å². The Bertz CT molecular complexity index is 567. The number of carbonyl (C=O) groups is 1. The molecule has 25 heavy (non-hydrogen) atoms. The zero-order valence-electron chi connectivity index (χ0n) is 15.1. The Balaban J connectivity index is 1.98. The van der Waals surface area contributed by atoms with Crippen LogP contribution < -0.4 is 5.32 Å². The summed E-state index contributed by atoms with van der Waals surface area (Å²) in [6, 6.07) is 3.46. The Morgan fingerprint density at radius 3 is 2.68 bits per heavy atom. The van der Waals surface area contributed by atoms with Gasteiger partial charge in [-0.2, -0.15) is 0 Å². The van der Waals surface area contributed by atoms with Gasteiger partial charge < -0.3 is 19.9 Å². The standard InChI is InChI=1S/C18H27Cl2N3O2/c1-13-9-14(19)10-17(20)16(13)11-21-18(24)23(7-6-22(2)3)12-15-5-4-8-25-15/h9-10,15H,4-8,11-12H2,1-3H3,(H,21,24). The monoisotopic (exact) mass is 387 g/mol. The average molecular weight is 388 g/mol. The molecule has 0 radical (unpaired) electrons. The van der Waals surface area contributed by atoms with Crippen LogP contribution in [0.15, 0.2) is 12.1 Å². The Labute approximate surface area is 160 Å². The largest absolute Gasteiger partial charge is 0.376 e. The summed E-state index contributed by atoms with van der Waals surface area (Å²) in [5, 5.41) is 4.16. The molecule has 5 nitrogen and oxygen atoms in total. The predicted molar refractivity (Wildman–Crippen MR) is 103 cm³/mol. The number of ether oxygens (including phenoxy) is 1. The van der Waals surface area contributed by atoms with Gasteiger partial charge in [0.1, 0.15) is 0 Å². The number of hydrogen-bond donors (Lipinski definition) is 1. The molecule has 0 aliphatic carbocycles. The van der Waals surface area contributed by atoms with Crippen molar-refractivity contribution in [1.29, 1.82) is 0 Å². The molecule has 1 aliphatic rings. The summed E-state index contributed by atoms with van der Waals surface area (Å²) in [6.45, 7) is 5.19. The summed E-state index contributed by atoms with van der Waals surface area (Å²) >= 11 is 12.3. The third-order valence-electron chi connectivity index (χ3n) is 4.35. The molecule has 0 saturated carbocycles. The minimum atomic E-state index is -0.0947. The Morgan fingerprint density at radius 1 is 1.32 bits per heavy atom. The highest BCUT2D eigenvalue weighted by molar-refractivity contribution is 6.35. The molecular weight excluding hydrogens is 361 g/mol. The van der Waals surface area contributed by atoms with Crippen molar-refractivity contribution in [2.24, 2.45) is 0 Å². The first-order valence-corrected chi connectivity index (χ1v) is 9.36. The number of carbonyl (C=O) groups excluding carboxylic acids is 1. The van der Waals surface area contributed by atoms with Crippen LogP contribution >= 0.6 is 23.2 Å². The van der Waals surface area contributed by atoms with Crippen molar-refractivity contribution in [3.05, 3.63) is 33.3 Å². The molecule has 1 atom stereocenters. The molecule has 140 valence electrons. The first-order chi connectivity index (χ1) is 11.9. The van der Waals surface area contributed by atoms with E-state index in [9.17, 15) is 4.79 Å². The molecule has 2 rings (SSSR count). The molecule has 1 fully saturated rings. The lowest BCUT2D eigenvalue weighted by atomic mass is 10.1. The summed E-state index contributed by atoms with van der Waals surface area (Å²) < 4.78 is 5.68. The van der Waals surface area contributed by atoms with Crippen LogP contribution in [0.5, 0.6) is 0 Å². The van der Waals surface area contributed by atoms with Crippen LogP contribution in [0.4, 0.5) is 4.79 Å². The molecule has 1 aromatic rings. The van der Waals surface area contributed by atoms with Gasteiger partial charge in [-0.15, -0.1) is 0 Å². The number of nitrogens with zero attached hydrogens (tertiary/aromatic N) is 2. The summed E-state index contributed by atoms with van der Waals surface area (Å²) in [7, 11) is 4.00. The number of urea groups is 1. The van der Waals surface area contributed by atoms with Gasteiger partial charge in [-0.25, -0.2) is 4.79 Å². The van der Waals surface area contributed by atoms with Crippen LogP contribution in [-0.4, -0.2) is 62.3 Å². The van der Waals surface area contributed by atoms with Crippen molar-refractivity contribution >= 4 is 29.2 Å². The molecule has 1 saturated heterocycles. The zero-order chi connectivity index (χ0) is 18.4. The molecule has 0 spiro atoms. The van der Waals surface area contributed by atoms with E-state index in [0.717, 1.165) is 37.1 Å². The lowest BCUT2D eigenvalue weighted by Gasteiger charge is -2.27. The summed E-state index contributed by atoms with van der Waals surface area (Å²) in [4.78, 5) is 16.6. The molecule has 1 aromatic carbocycles. The van der Waals surface area contributed by atoms with E-state index in [1.54, 1.807) is 6.07 Å². The highest BCUT2D eigenvalue weighted by atomic mass is 35.5. The van der Waals surface area contributed by atoms with Crippen molar-refractivity contribution in [3.63, 3.8) is 0 Å². The molecule has 1 N–H and O–H groups in total. The molecule has 0 aromatic heterocycles. The van der Waals surface area contributed by atoms with E-state index < -0.39 is 0 Å². The van der Waals surface area contributed by atoms with Gasteiger partial charge in [-0.3, -0.25) is 0 Å². The number of likely N-dealkylation sites (N-methyl/N-ethyl adjacent to an activating group) is 1. The Hall–Kier alpha value is -1.01. The maximum Gasteiger partial charge on any atom is 0.317 e. The van der Waals surface area contributed by atoms with E-state index >= 15 is 0 Å². The van der Waals surface area contributed by atoms with Crippen LogP contribution in [0.2, 0.25) is 10.0 Å². The van der Waals surface area contributed by atoms with Crippen molar-refractivity contribution < 1.29 is 9.53 Å². The fourth-order valence-electron chi connectivity index (χ4n) is 2.86.